The van der Waals surface area contributed by atoms with Gasteiger partial charge in [0.05, 0.1) is 12.6 Å². The van der Waals surface area contributed by atoms with Crippen molar-refractivity contribution >= 4 is 41.5 Å². The Hall–Kier alpha value is -2.14. The van der Waals surface area contributed by atoms with Crippen LogP contribution in [0.4, 0.5) is 5.69 Å². The quantitative estimate of drug-likeness (QED) is 0.287. The van der Waals surface area contributed by atoms with Crippen LogP contribution in [0.2, 0.25) is 0 Å². The van der Waals surface area contributed by atoms with Gasteiger partial charge in [0.1, 0.15) is 6.54 Å². The fourth-order valence-corrected chi connectivity index (χ4v) is 3.02. The molecule has 9 heteroatoms. The molecule has 1 aliphatic heterocycles. The van der Waals surface area contributed by atoms with E-state index in [1.54, 1.807) is 23.1 Å². The van der Waals surface area contributed by atoms with E-state index in [2.05, 4.69) is 26.0 Å². The van der Waals surface area contributed by atoms with E-state index in [0.717, 1.165) is 49.7 Å². The third-order valence-corrected chi connectivity index (χ3v) is 4.36. The van der Waals surface area contributed by atoms with Gasteiger partial charge in [0.15, 0.2) is 5.96 Å². The van der Waals surface area contributed by atoms with Gasteiger partial charge < -0.3 is 20.7 Å². The molecular formula is C20H29IN6O2. The number of aromatic nitrogens is 2. The molecule has 3 N–H and O–H groups in total. The van der Waals surface area contributed by atoms with Crippen LogP contribution in [-0.2, 0) is 22.6 Å². The van der Waals surface area contributed by atoms with Crippen LogP contribution in [0.25, 0.3) is 0 Å². The first-order valence-corrected chi connectivity index (χ1v) is 9.73. The number of aliphatic imine (C=N–C) groups is 1. The van der Waals surface area contributed by atoms with E-state index >= 15 is 0 Å². The minimum Gasteiger partial charge on any atom is -0.376 e. The van der Waals surface area contributed by atoms with Crippen molar-refractivity contribution in [2.24, 2.45) is 4.99 Å². The maximum Gasteiger partial charge on any atom is 0.246 e. The maximum atomic E-state index is 12.1. The number of nitrogens with zero attached hydrogens (tertiary/aromatic N) is 3. The largest absolute Gasteiger partial charge is 0.376 e. The third-order valence-electron chi connectivity index (χ3n) is 4.36. The summed E-state index contributed by atoms with van der Waals surface area (Å²) in [6.07, 6.45) is 5.89. The Kier molecular flexibility index (Phi) is 9.92. The molecule has 3 rings (SSSR count). The van der Waals surface area contributed by atoms with E-state index < -0.39 is 0 Å². The van der Waals surface area contributed by atoms with Crippen LogP contribution >= 0.6 is 24.0 Å². The number of benzene rings is 1. The molecule has 29 heavy (non-hydrogen) atoms. The SMILES string of the molecule is CCNC(=NCc1cccc(NC(=O)Cn2cccn2)c1)NCC1CCCO1.I. The van der Waals surface area contributed by atoms with Crippen LogP contribution in [0.15, 0.2) is 47.7 Å². The zero-order chi connectivity index (χ0) is 19.6. The molecule has 1 fully saturated rings. The van der Waals surface area contributed by atoms with E-state index in [0.29, 0.717) is 6.54 Å². The molecule has 8 nitrogen and oxygen atoms in total. The summed E-state index contributed by atoms with van der Waals surface area (Å²) in [5, 5.41) is 13.5. The van der Waals surface area contributed by atoms with Crippen molar-refractivity contribution in [3.8, 4) is 0 Å². The first kappa shape index (κ1) is 23.1. The Balaban J connectivity index is 0.00000300. The minimum absolute atomic E-state index is 0. The average Bonchev–Trinajstić information content (AvgIpc) is 3.38. The summed E-state index contributed by atoms with van der Waals surface area (Å²) < 4.78 is 7.23. The van der Waals surface area contributed by atoms with Gasteiger partial charge in [0, 0.05) is 37.8 Å². The summed E-state index contributed by atoms with van der Waals surface area (Å²) in [6.45, 7) is 5.14. The molecule has 1 amide bonds. The summed E-state index contributed by atoms with van der Waals surface area (Å²) in [4.78, 5) is 16.8. The standard InChI is InChI=1S/C20H28N6O2.HI/c1-2-21-20(23-14-18-8-4-11-28-18)22-13-16-6-3-7-17(12-16)25-19(27)15-26-10-5-9-24-26;/h3,5-7,9-10,12,18H,2,4,8,11,13-15H2,1H3,(H,25,27)(H2,21,22,23);1H. The molecular weight excluding hydrogens is 483 g/mol. The lowest BCUT2D eigenvalue weighted by Crippen LogP contribution is -2.41. The van der Waals surface area contributed by atoms with Crippen molar-refractivity contribution in [3.05, 3.63) is 48.3 Å². The number of ether oxygens (including phenoxy) is 1. The zero-order valence-corrected chi connectivity index (χ0v) is 19.0. The number of hydrogen-bond acceptors (Lipinski definition) is 4. The molecule has 1 aliphatic rings. The molecule has 0 spiro atoms. The van der Waals surface area contributed by atoms with Crippen LogP contribution in [0.1, 0.15) is 25.3 Å². The molecule has 0 radical (unpaired) electrons. The van der Waals surface area contributed by atoms with E-state index in [9.17, 15) is 4.79 Å². The second-order valence-corrected chi connectivity index (χ2v) is 6.66. The molecule has 0 saturated carbocycles. The Morgan fingerprint density at radius 3 is 2.97 bits per heavy atom. The van der Waals surface area contributed by atoms with Gasteiger partial charge in [-0.15, -0.1) is 24.0 Å². The van der Waals surface area contributed by atoms with E-state index in [-0.39, 0.29) is 42.5 Å². The monoisotopic (exact) mass is 512 g/mol. The highest BCUT2D eigenvalue weighted by molar-refractivity contribution is 14.0. The van der Waals surface area contributed by atoms with Gasteiger partial charge in [0.2, 0.25) is 5.91 Å². The first-order chi connectivity index (χ1) is 13.7. The summed E-state index contributed by atoms with van der Waals surface area (Å²) in [5.41, 5.74) is 1.77. The van der Waals surface area contributed by atoms with Crippen LogP contribution in [0, 0.1) is 0 Å². The predicted molar refractivity (Wildman–Crippen MR) is 125 cm³/mol. The zero-order valence-electron chi connectivity index (χ0n) is 16.6. The number of halogens is 1. The van der Waals surface area contributed by atoms with Gasteiger partial charge in [-0.2, -0.15) is 5.10 Å². The van der Waals surface area contributed by atoms with E-state index in [1.807, 2.05) is 31.2 Å². The number of hydrogen-bond donors (Lipinski definition) is 3. The van der Waals surface area contributed by atoms with Crippen molar-refractivity contribution in [2.45, 2.75) is 39.0 Å². The lowest BCUT2D eigenvalue weighted by molar-refractivity contribution is -0.116. The molecule has 1 unspecified atom stereocenters. The molecule has 1 atom stereocenters. The average molecular weight is 512 g/mol. The number of anilines is 1. The summed E-state index contributed by atoms with van der Waals surface area (Å²) >= 11 is 0. The maximum absolute atomic E-state index is 12.1. The van der Waals surface area contributed by atoms with Crippen molar-refractivity contribution in [1.82, 2.24) is 20.4 Å². The Morgan fingerprint density at radius 2 is 2.24 bits per heavy atom. The van der Waals surface area contributed by atoms with Crippen LogP contribution in [0.5, 0.6) is 0 Å². The summed E-state index contributed by atoms with van der Waals surface area (Å²) in [6, 6.07) is 9.52. The molecule has 2 heterocycles. The normalized spacial score (nSPS) is 16.2. The Bertz CT molecular complexity index is 775. The smallest absolute Gasteiger partial charge is 0.246 e. The number of carbonyl (C=O) groups excluding carboxylic acids is 1. The van der Waals surface area contributed by atoms with Crippen molar-refractivity contribution in [2.75, 3.05) is 25.0 Å². The molecule has 0 aliphatic carbocycles. The Labute approximate surface area is 188 Å². The molecule has 0 bridgehead atoms. The number of carbonyl (C=O) groups is 1. The van der Waals surface area contributed by atoms with E-state index in [1.165, 1.54) is 0 Å². The van der Waals surface area contributed by atoms with Crippen LogP contribution in [0.3, 0.4) is 0 Å². The first-order valence-electron chi connectivity index (χ1n) is 9.73. The number of nitrogens with one attached hydrogen (secondary N) is 3. The second kappa shape index (κ2) is 12.4. The van der Waals surface area contributed by atoms with Gasteiger partial charge in [-0.25, -0.2) is 4.99 Å². The number of rotatable bonds is 8. The van der Waals surface area contributed by atoms with Crippen molar-refractivity contribution in [3.63, 3.8) is 0 Å². The summed E-state index contributed by atoms with van der Waals surface area (Å²) in [5.74, 6) is 0.655. The number of guanidine groups is 1. The highest BCUT2D eigenvalue weighted by Crippen LogP contribution is 2.12. The van der Waals surface area contributed by atoms with Crippen molar-refractivity contribution < 1.29 is 9.53 Å². The van der Waals surface area contributed by atoms with Gasteiger partial charge >= 0.3 is 0 Å². The van der Waals surface area contributed by atoms with Crippen LogP contribution in [-0.4, -0.2) is 47.4 Å². The number of amides is 1. The molecule has 1 aromatic heterocycles. The lowest BCUT2D eigenvalue weighted by Gasteiger charge is -2.15. The molecule has 158 valence electrons. The highest BCUT2D eigenvalue weighted by Gasteiger charge is 2.15. The third kappa shape index (κ3) is 8.01. The van der Waals surface area contributed by atoms with Gasteiger partial charge in [0.25, 0.3) is 0 Å². The highest BCUT2D eigenvalue weighted by atomic mass is 127. The predicted octanol–water partition coefficient (Wildman–Crippen LogP) is 2.37. The fourth-order valence-electron chi connectivity index (χ4n) is 3.02. The van der Waals surface area contributed by atoms with E-state index in [4.69, 9.17) is 4.74 Å². The second-order valence-electron chi connectivity index (χ2n) is 6.66. The molecule has 2 aromatic rings. The Morgan fingerprint density at radius 1 is 1.34 bits per heavy atom. The van der Waals surface area contributed by atoms with Crippen LogP contribution < -0.4 is 16.0 Å². The lowest BCUT2D eigenvalue weighted by atomic mass is 10.2. The van der Waals surface area contributed by atoms with Gasteiger partial charge in [-0.3, -0.25) is 9.48 Å². The molecule has 1 saturated heterocycles. The van der Waals surface area contributed by atoms with Crippen molar-refractivity contribution in [1.29, 1.82) is 0 Å². The van der Waals surface area contributed by atoms with Gasteiger partial charge in [-0.05, 0) is 43.5 Å². The minimum atomic E-state index is -0.115. The summed E-state index contributed by atoms with van der Waals surface area (Å²) in [7, 11) is 0. The van der Waals surface area contributed by atoms with Gasteiger partial charge in [-0.1, -0.05) is 12.1 Å². The molecule has 1 aromatic carbocycles. The fraction of sp³-hybridized carbons (Fsp3) is 0.450. The topological polar surface area (TPSA) is 92.6 Å².